The number of carboxylic acids is 1. The van der Waals surface area contributed by atoms with Gasteiger partial charge in [-0.15, -0.1) is 0 Å². The fraction of sp³-hybridized carbons (Fsp3) is 0.286. The Bertz CT molecular complexity index is 1090. The molecule has 31 heavy (non-hydrogen) atoms. The Morgan fingerprint density at radius 1 is 1.29 bits per heavy atom. The van der Waals surface area contributed by atoms with Crippen molar-refractivity contribution < 1.29 is 80.1 Å². The van der Waals surface area contributed by atoms with E-state index < -0.39 is 17.7 Å². The zero-order valence-electron chi connectivity index (χ0n) is 17.6. The van der Waals surface area contributed by atoms with Crippen molar-refractivity contribution in [3.63, 3.8) is 0 Å². The Balaban J connectivity index is 0.00000341. The smallest absolute Gasteiger partial charge is 0.545 e. The first-order valence-corrected chi connectivity index (χ1v) is 9.51. The molecule has 0 saturated carbocycles. The van der Waals surface area contributed by atoms with Gasteiger partial charge in [0.2, 0.25) is 5.91 Å². The first-order valence-electron chi connectivity index (χ1n) is 9.51. The number of halogens is 1. The Hall–Kier alpha value is -1.98. The van der Waals surface area contributed by atoms with Gasteiger partial charge >= 0.3 is 51.4 Å². The Morgan fingerprint density at radius 3 is 2.65 bits per heavy atom. The van der Waals surface area contributed by atoms with Crippen molar-refractivity contribution in [2.75, 3.05) is 5.32 Å². The van der Waals surface area contributed by atoms with Crippen LogP contribution in [0.4, 0.5) is 10.1 Å². The number of hydrogen-bond donors (Lipinski definition) is 2. The number of nitrogens with zero attached hydrogens (tertiary/aromatic N) is 2. The number of carboxylic acid groups (broad SMARTS) is 1. The number of rotatable bonds is 8. The van der Waals surface area contributed by atoms with Crippen molar-refractivity contribution in [1.82, 2.24) is 9.72 Å². The van der Waals surface area contributed by atoms with Crippen molar-refractivity contribution in [3.8, 4) is 17.0 Å². The van der Waals surface area contributed by atoms with E-state index in [0.29, 0.717) is 30.0 Å². The van der Waals surface area contributed by atoms with Crippen LogP contribution in [0, 0.1) is 5.82 Å². The summed E-state index contributed by atoms with van der Waals surface area (Å²) < 4.78 is 21.2. The van der Waals surface area contributed by atoms with E-state index in [4.69, 9.17) is 4.52 Å². The van der Waals surface area contributed by atoms with Gasteiger partial charge in [0.05, 0.1) is 11.7 Å². The average molecular weight is 454 g/mol. The summed E-state index contributed by atoms with van der Waals surface area (Å²) in [7, 11) is 0. The number of phenols is 1. The number of aryl methyl sites for hydroxylation is 2. The summed E-state index contributed by atoms with van der Waals surface area (Å²) >= 11 is 0. The molecule has 8 nitrogen and oxygen atoms in total. The predicted octanol–water partition coefficient (Wildman–Crippen LogP) is -0.491. The number of phenolic OH excluding ortho intramolecular Hbond substituents is 1. The van der Waals surface area contributed by atoms with Crippen LogP contribution in [0.25, 0.3) is 11.3 Å². The molecule has 0 bridgehead atoms. The Morgan fingerprint density at radius 2 is 2.03 bits per heavy atom. The average Bonchev–Trinajstić information content (AvgIpc) is 3.30. The van der Waals surface area contributed by atoms with Crippen molar-refractivity contribution in [2.45, 2.75) is 39.7 Å². The van der Waals surface area contributed by atoms with Crippen LogP contribution in [-0.2, 0) is 24.2 Å². The maximum absolute atomic E-state index is 14.2. The van der Waals surface area contributed by atoms with Crippen LogP contribution >= 0.6 is 0 Å². The third kappa shape index (κ3) is 5.83. The fourth-order valence-electron chi connectivity index (χ4n) is 3.20. The Kier molecular flexibility index (Phi) is 9.01. The van der Waals surface area contributed by atoms with Gasteiger partial charge in [0.25, 0.3) is 0 Å². The summed E-state index contributed by atoms with van der Waals surface area (Å²) in [5, 5.41) is 27.1. The van der Waals surface area contributed by atoms with Crippen LogP contribution in [0.1, 0.15) is 41.9 Å². The number of aromatic hydroxyl groups is 1. The zero-order chi connectivity index (χ0) is 21.8. The molecule has 0 radical (unpaired) electrons. The summed E-state index contributed by atoms with van der Waals surface area (Å²) in [6.07, 6.45) is 3.65. The number of aromatic carboxylic acids is 1. The second kappa shape index (κ2) is 11.1. The SMILES string of the molecule is CCc1c(-c2ccc(O)cc2F)noc1CCC(=O)Nc1cn(CC)cc1C(=O)[O-].[K+]. The molecule has 3 rings (SSSR count). The quantitative estimate of drug-likeness (QED) is 0.444. The standard InChI is InChI=1S/C21H22FN3O5.K/c1-3-13-18(30-24-20(13)14-6-5-12(26)9-16(14)22)7-8-19(27)23-17-11-25(4-2)10-15(17)21(28)29;/h5-6,9-11,26H,3-4,7-8H2,1-2H3,(H,23,27)(H,28,29);/q;+1/p-1. The second-order valence-corrected chi connectivity index (χ2v) is 6.70. The van der Waals surface area contributed by atoms with Crippen LogP contribution in [0.2, 0.25) is 0 Å². The molecule has 0 spiro atoms. The molecule has 158 valence electrons. The summed E-state index contributed by atoms with van der Waals surface area (Å²) in [4.78, 5) is 23.6. The fourth-order valence-corrected chi connectivity index (χ4v) is 3.20. The minimum atomic E-state index is -1.37. The maximum Gasteiger partial charge on any atom is 1.00 e. The monoisotopic (exact) mass is 453 g/mol. The van der Waals surface area contributed by atoms with E-state index in [9.17, 15) is 24.2 Å². The largest absolute Gasteiger partial charge is 1.00 e. The first-order chi connectivity index (χ1) is 14.3. The van der Waals surface area contributed by atoms with E-state index in [1.54, 1.807) is 4.57 Å². The molecule has 0 fully saturated rings. The normalized spacial score (nSPS) is 10.5. The molecule has 0 aliphatic carbocycles. The van der Waals surface area contributed by atoms with Crippen molar-refractivity contribution in [1.29, 1.82) is 0 Å². The minimum Gasteiger partial charge on any atom is -0.545 e. The number of aromatic nitrogens is 2. The second-order valence-electron chi connectivity index (χ2n) is 6.70. The molecule has 2 heterocycles. The van der Waals surface area contributed by atoms with Gasteiger partial charge in [0.15, 0.2) is 0 Å². The van der Waals surface area contributed by atoms with Crippen LogP contribution < -0.4 is 61.8 Å². The molecule has 0 unspecified atom stereocenters. The van der Waals surface area contributed by atoms with Crippen molar-refractivity contribution in [2.24, 2.45) is 0 Å². The van der Waals surface area contributed by atoms with Gasteiger partial charge in [-0.25, -0.2) is 4.39 Å². The van der Waals surface area contributed by atoms with Crippen LogP contribution in [0.3, 0.4) is 0 Å². The molecular formula is C21H21FKN3O5. The summed E-state index contributed by atoms with van der Waals surface area (Å²) in [5.74, 6) is -2.15. The van der Waals surface area contributed by atoms with Gasteiger partial charge in [-0.1, -0.05) is 12.1 Å². The van der Waals surface area contributed by atoms with Crippen LogP contribution in [-0.4, -0.2) is 26.7 Å². The topological polar surface area (TPSA) is 120 Å². The molecule has 3 aromatic rings. The molecule has 2 N–H and O–H groups in total. The van der Waals surface area contributed by atoms with E-state index in [0.717, 1.165) is 6.07 Å². The van der Waals surface area contributed by atoms with Crippen LogP contribution in [0.5, 0.6) is 5.75 Å². The molecule has 1 aromatic carbocycles. The number of hydrogen-bond acceptors (Lipinski definition) is 6. The number of anilines is 1. The van der Waals surface area contributed by atoms with Crippen molar-refractivity contribution in [3.05, 3.63) is 53.3 Å². The molecular weight excluding hydrogens is 432 g/mol. The summed E-state index contributed by atoms with van der Waals surface area (Å²) in [5.41, 5.74) is 1.26. The van der Waals surface area contributed by atoms with Gasteiger partial charge in [-0.05, 0) is 25.5 Å². The molecule has 10 heteroatoms. The van der Waals surface area contributed by atoms with Crippen LogP contribution in [0.15, 0.2) is 35.1 Å². The Labute approximate surface area is 220 Å². The summed E-state index contributed by atoms with van der Waals surface area (Å²) in [6, 6.07) is 3.77. The number of amides is 1. The van der Waals surface area contributed by atoms with Gasteiger partial charge in [0, 0.05) is 54.5 Å². The maximum atomic E-state index is 14.2. The zero-order valence-corrected chi connectivity index (χ0v) is 20.7. The van der Waals surface area contributed by atoms with Gasteiger partial charge < -0.3 is 29.4 Å². The van der Waals surface area contributed by atoms with E-state index in [-0.39, 0.29) is 86.8 Å². The third-order valence-corrected chi connectivity index (χ3v) is 4.75. The van der Waals surface area contributed by atoms with E-state index >= 15 is 0 Å². The molecule has 0 aliphatic rings. The minimum absolute atomic E-state index is 0. The van der Waals surface area contributed by atoms with E-state index in [1.165, 1.54) is 24.5 Å². The predicted molar refractivity (Wildman–Crippen MR) is 104 cm³/mol. The van der Waals surface area contributed by atoms with E-state index in [1.807, 2.05) is 13.8 Å². The molecule has 2 aromatic heterocycles. The van der Waals surface area contributed by atoms with Gasteiger partial charge in [-0.3, -0.25) is 4.79 Å². The van der Waals surface area contributed by atoms with Crippen molar-refractivity contribution >= 4 is 17.6 Å². The van der Waals surface area contributed by atoms with Gasteiger partial charge in [0.1, 0.15) is 23.0 Å². The number of nitrogens with one attached hydrogen (secondary N) is 1. The molecule has 0 saturated heterocycles. The summed E-state index contributed by atoms with van der Waals surface area (Å²) in [6.45, 7) is 4.25. The molecule has 0 aliphatic heterocycles. The number of carbonyl (C=O) groups is 2. The number of benzene rings is 1. The number of carbonyl (C=O) groups excluding carboxylic acids is 2. The van der Waals surface area contributed by atoms with Gasteiger partial charge in [-0.2, -0.15) is 0 Å². The third-order valence-electron chi connectivity index (χ3n) is 4.75. The first kappa shape index (κ1) is 25.3. The molecule has 0 atom stereocenters. The molecule has 1 amide bonds. The van der Waals surface area contributed by atoms with E-state index in [2.05, 4.69) is 10.5 Å².